The number of hydrogen-bond donors (Lipinski definition) is 0. The topological polar surface area (TPSA) is 24.8 Å². The van der Waals surface area contributed by atoms with Crippen LogP contribution in [0.3, 0.4) is 0 Å². The summed E-state index contributed by atoms with van der Waals surface area (Å²) < 4.78 is 5.66. The maximum atomic E-state index is 6.64. The van der Waals surface area contributed by atoms with Crippen LogP contribution in [0.25, 0.3) is 0 Å². The van der Waals surface area contributed by atoms with Crippen LogP contribution < -0.4 is 9.64 Å². The van der Waals surface area contributed by atoms with Gasteiger partial charge in [0.25, 0.3) is 0 Å². The second-order valence-corrected chi connectivity index (χ2v) is 8.16. The third kappa shape index (κ3) is 3.98. The van der Waals surface area contributed by atoms with Gasteiger partial charge in [-0.1, -0.05) is 30.7 Å². The second kappa shape index (κ2) is 7.93. The number of ether oxygens (including phenoxy) is 1. The number of para-hydroxylation sites is 2. The van der Waals surface area contributed by atoms with Crippen molar-refractivity contribution in [3.8, 4) is 5.75 Å². The molecule has 0 spiro atoms. The van der Waals surface area contributed by atoms with Crippen LogP contribution in [0.4, 0.5) is 11.4 Å². The highest BCUT2D eigenvalue weighted by Gasteiger charge is 2.35. The van der Waals surface area contributed by atoms with Gasteiger partial charge in [-0.25, -0.2) is 0 Å². The molecule has 1 heterocycles. The summed E-state index contributed by atoms with van der Waals surface area (Å²) in [5, 5.41) is 0.731. The van der Waals surface area contributed by atoms with E-state index in [1.165, 1.54) is 11.3 Å². The molecule has 0 N–H and O–H groups in total. The van der Waals surface area contributed by atoms with Crippen LogP contribution in [-0.2, 0) is 0 Å². The normalized spacial score (nSPS) is 18.6. The van der Waals surface area contributed by atoms with Crippen LogP contribution in [0.1, 0.15) is 58.1 Å². The van der Waals surface area contributed by atoms with Crippen LogP contribution in [0.5, 0.6) is 5.75 Å². The van der Waals surface area contributed by atoms with E-state index in [1.807, 2.05) is 37.4 Å². The first-order valence-electron chi connectivity index (χ1n) is 9.74. The van der Waals surface area contributed by atoms with Gasteiger partial charge >= 0.3 is 0 Å². The van der Waals surface area contributed by atoms with Crippen LogP contribution >= 0.6 is 11.6 Å². The maximum Gasteiger partial charge on any atom is 0.144 e. The van der Waals surface area contributed by atoms with Gasteiger partial charge in [0.2, 0.25) is 0 Å². The largest absolute Gasteiger partial charge is 0.492 e. The molecule has 1 unspecified atom stereocenters. The fourth-order valence-corrected chi connectivity index (χ4v) is 4.41. The van der Waals surface area contributed by atoms with E-state index in [4.69, 9.17) is 16.3 Å². The molecule has 1 atom stereocenters. The van der Waals surface area contributed by atoms with Crippen molar-refractivity contribution in [3.05, 3.63) is 52.5 Å². The number of benzene rings is 2. The quantitative estimate of drug-likeness (QED) is 0.542. The molecule has 0 aliphatic carbocycles. The van der Waals surface area contributed by atoms with E-state index in [1.54, 1.807) is 0 Å². The molecule has 0 saturated heterocycles. The number of anilines is 1. The van der Waals surface area contributed by atoms with Gasteiger partial charge in [0, 0.05) is 29.5 Å². The van der Waals surface area contributed by atoms with E-state index in [0.29, 0.717) is 12.5 Å². The zero-order chi connectivity index (χ0) is 19.6. The summed E-state index contributed by atoms with van der Waals surface area (Å²) in [5.41, 5.74) is 4.50. The first-order chi connectivity index (χ1) is 12.9. The Morgan fingerprint density at radius 1 is 1.26 bits per heavy atom. The summed E-state index contributed by atoms with van der Waals surface area (Å²) in [7, 11) is 0. The molecule has 0 saturated carbocycles. The van der Waals surface area contributed by atoms with Crippen molar-refractivity contribution in [2.24, 2.45) is 4.99 Å². The van der Waals surface area contributed by atoms with Crippen molar-refractivity contribution in [1.82, 2.24) is 0 Å². The minimum atomic E-state index is 0.135. The highest BCUT2D eigenvalue weighted by molar-refractivity contribution is 6.33. The molecule has 3 rings (SSSR count). The third-order valence-corrected chi connectivity index (χ3v) is 5.66. The molecule has 4 heteroatoms. The molecule has 27 heavy (non-hydrogen) atoms. The SMILES string of the molecule is CCOc1ccccc1N=Cc1cc2c(cc1Cl)N(CC)C(C)(C)CC2C. The van der Waals surface area contributed by atoms with Gasteiger partial charge in [-0.3, -0.25) is 4.99 Å². The van der Waals surface area contributed by atoms with Crippen molar-refractivity contribution >= 4 is 29.2 Å². The predicted molar refractivity (Wildman–Crippen MR) is 116 cm³/mol. The Morgan fingerprint density at radius 3 is 2.70 bits per heavy atom. The number of hydrogen-bond acceptors (Lipinski definition) is 3. The Labute approximate surface area is 168 Å². The lowest BCUT2D eigenvalue weighted by Gasteiger charge is -2.47. The van der Waals surface area contributed by atoms with Crippen molar-refractivity contribution in [3.63, 3.8) is 0 Å². The number of aliphatic imine (C=N–C) groups is 1. The monoisotopic (exact) mass is 384 g/mol. The van der Waals surface area contributed by atoms with Gasteiger partial charge in [0.1, 0.15) is 11.4 Å². The molecule has 1 aliphatic heterocycles. The Hall–Kier alpha value is -2.00. The molecule has 3 nitrogen and oxygen atoms in total. The van der Waals surface area contributed by atoms with E-state index < -0.39 is 0 Å². The van der Waals surface area contributed by atoms with Crippen molar-refractivity contribution in [2.45, 2.75) is 52.5 Å². The standard InChI is InChI=1S/C23H29ClN2O/c1-6-26-21-13-19(24)17(12-18(21)16(3)14-23(26,4)5)15-25-20-10-8-9-11-22(20)27-7-2/h8-13,15-16H,6-7,14H2,1-5H3. The molecule has 2 aromatic rings. The van der Waals surface area contributed by atoms with Gasteiger partial charge < -0.3 is 9.64 Å². The molecule has 2 aromatic carbocycles. The summed E-state index contributed by atoms with van der Waals surface area (Å²) >= 11 is 6.64. The Morgan fingerprint density at radius 2 is 2.00 bits per heavy atom. The molecule has 0 amide bonds. The van der Waals surface area contributed by atoms with Crippen LogP contribution in [0.15, 0.2) is 41.4 Å². The lowest BCUT2D eigenvalue weighted by molar-refractivity contribution is 0.341. The van der Waals surface area contributed by atoms with Gasteiger partial charge in [0.15, 0.2) is 0 Å². The second-order valence-electron chi connectivity index (χ2n) is 7.75. The maximum absolute atomic E-state index is 6.64. The Kier molecular flexibility index (Phi) is 5.81. The summed E-state index contributed by atoms with van der Waals surface area (Å²) in [6.45, 7) is 12.7. The first kappa shape index (κ1) is 19.8. The van der Waals surface area contributed by atoms with Crippen molar-refractivity contribution in [2.75, 3.05) is 18.1 Å². The van der Waals surface area contributed by atoms with E-state index in [-0.39, 0.29) is 5.54 Å². The van der Waals surface area contributed by atoms with E-state index in [2.05, 4.69) is 49.7 Å². The molecule has 0 bridgehead atoms. The van der Waals surface area contributed by atoms with Gasteiger partial charge in [0.05, 0.1) is 11.6 Å². The van der Waals surface area contributed by atoms with Gasteiger partial charge in [-0.2, -0.15) is 0 Å². The zero-order valence-corrected chi connectivity index (χ0v) is 17.7. The number of halogens is 1. The minimum Gasteiger partial charge on any atom is -0.492 e. The number of nitrogens with zero attached hydrogens (tertiary/aromatic N) is 2. The summed E-state index contributed by atoms with van der Waals surface area (Å²) in [6, 6.07) is 12.1. The fraction of sp³-hybridized carbons (Fsp3) is 0.435. The summed E-state index contributed by atoms with van der Waals surface area (Å²) in [4.78, 5) is 7.11. The molecule has 1 aliphatic rings. The lowest BCUT2D eigenvalue weighted by atomic mass is 9.79. The van der Waals surface area contributed by atoms with Gasteiger partial charge in [-0.15, -0.1) is 0 Å². The lowest BCUT2D eigenvalue weighted by Crippen LogP contribution is -2.48. The number of rotatable bonds is 5. The molecular weight excluding hydrogens is 356 g/mol. The van der Waals surface area contributed by atoms with Crippen molar-refractivity contribution in [1.29, 1.82) is 0 Å². The Bertz CT molecular complexity index is 844. The van der Waals surface area contributed by atoms with Crippen molar-refractivity contribution < 1.29 is 4.74 Å². The summed E-state index contributed by atoms with van der Waals surface area (Å²) in [6.07, 6.45) is 2.97. The van der Waals surface area contributed by atoms with E-state index in [9.17, 15) is 0 Å². The highest BCUT2D eigenvalue weighted by Crippen LogP contribution is 2.44. The minimum absolute atomic E-state index is 0.135. The first-order valence-corrected chi connectivity index (χ1v) is 10.1. The predicted octanol–water partition coefficient (Wildman–Crippen LogP) is 6.60. The fourth-order valence-electron chi connectivity index (χ4n) is 4.20. The van der Waals surface area contributed by atoms with Crippen LogP contribution in [0.2, 0.25) is 5.02 Å². The van der Waals surface area contributed by atoms with E-state index in [0.717, 1.165) is 35.0 Å². The average Bonchev–Trinajstić information content (AvgIpc) is 2.61. The molecule has 0 fully saturated rings. The summed E-state index contributed by atoms with van der Waals surface area (Å²) in [5.74, 6) is 1.27. The van der Waals surface area contributed by atoms with Crippen LogP contribution in [0, 0.1) is 0 Å². The van der Waals surface area contributed by atoms with Crippen LogP contribution in [-0.4, -0.2) is 24.9 Å². The van der Waals surface area contributed by atoms with Gasteiger partial charge in [-0.05, 0) is 69.9 Å². The molecule has 0 radical (unpaired) electrons. The molecular formula is C23H29ClN2O. The Balaban J connectivity index is 1.99. The average molecular weight is 385 g/mol. The third-order valence-electron chi connectivity index (χ3n) is 5.33. The van der Waals surface area contributed by atoms with E-state index >= 15 is 0 Å². The highest BCUT2D eigenvalue weighted by atomic mass is 35.5. The zero-order valence-electron chi connectivity index (χ0n) is 16.9. The smallest absolute Gasteiger partial charge is 0.144 e. The molecule has 144 valence electrons. The molecule has 0 aromatic heterocycles. The number of fused-ring (bicyclic) bond motifs is 1.